The minimum Gasteiger partial charge on any atom is -0.392 e. The number of rotatable bonds is 3. The lowest BCUT2D eigenvalue weighted by molar-refractivity contribution is 0.282. The topological polar surface area (TPSA) is 54.2 Å². The van der Waals surface area contributed by atoms with Crippen LogP contribution in [-0.4, -0.2) is 26.7 Å². The molecule has 5 nitrogen and oxygen atoms in total. The summed E-state index contributed by atoms with van der Waals surface area (Å²) in [4.78, 5) is 10.8. The number of aromatic nitrogens is 3. The molecule has 2 aromatic heterocycles. The van der Waals surface area contributed by atoms with Crippen molar-refractivity contribution in [3.63, 3.8) is 0 Å². The average Bonchev–Trinajstić information content (AvgIpc) is 2.87. The summed E-state index contributed by atoms with van der Waals surface area (Å²) in [6.07, 6.45) is 3.58. The second-order valence-electron chi connectivity index (χ2n) is 5.22. The van der Waals surface area contributed by atoms with Crippen LogP contribution in [0.5, 0.6) is 0 Å². The number of pyridine rings is 1. The molecule has 0 aliphatic heterocycles. The molecular formula is C16H18N4O. The van der Waals surface area contributed by atoms with Gasteiger partial charge in [0, 0.05) is 25.8 Å². The Hall–Kier alpha value is -2.40. The number of aryl methyl sites for hydroxylation is 2. The standard InChI is InChI=1S/C16H18N4O/c1-11-6-12(9-21)4-5-14(11)20(3)16-7-15-13(8-17-16)18-10-19(15)2/h4-8,10,21H,9H2,1-3H3. The normalized spacial score (nSPS) is 11.0. The van der Waals surface area contributed by atoms with Crippen LogP contribution in [0, 0.1) is 6.92 Å². The van der Waals surface area contributed by atoms with Crippen LogP contribution in [-0.2, 0) is 13.7 Å². The monoisotopic (exact) mass is 282 g/mol. The van der Waals surface area contributed by atoms with Crippen molar-refractivity contribution in [1.82, 2.24) is 14.5 Å². The van der Waals surface area contributed by atoms with Crippen molar-refractivity contribution in [3.05, 3.63) is 47.9 Å². The third-order valence-corrected chi connectivity index (χ3v) is 3.75. The zero-order valence-electron chi connectivity index (χ0n) is 12.4. The molecule has 0 bridgehead atoms. The molecule has 0 aliphatic carbocycles. The van der Waals surface area contributed by atoms with Crippen molar-refractivity contribution in [2.75, 3.05) is 11.9 Å². The van der Waals surface area contributed by atoms with Crippen LogP contribution < -0.4 is 4.90 Å². The molecule has 2 heterocycles. The van der Waals surface area contributed by atoms with Gasteiger partial charge in [-0.3, -0.25) is 0 Å². The predicted molar refractivity (Wildman–Crippen MR) is 83.7 cm³/mol. The van der Waals surface area contributed by atoms with Crippen molar-refractivity contribution in [2.24, 2.45) is 7.05 Å². The van der Waals surface area contributed by atoms with Crippen LogP contribution in [0.25, 0.3) is 11.0 Å². The highest BCUT2D eigenvalue weighted by atomic mass is 16.3. The van der Waals surface area contributed by atoms with Crippen LogP contribution in [0.15, 0.2) is 36.8 Å². The molecule has 0 spiro atoms. The number of hydrogen-bond donors (Lipinski definition) is 1. The second-order valence-corrected chi connectivity index (χ2v) is 5.22. The van der Waals surface area contributed by atoms with Crippen molar-refractivity contribution in [3.8, 4) is 0 Å². The molecule has 1 aromatic carbocycles. The van der Waals surface area contributed by atoms with Gasteiger partial charge >= 0.3 is 0 Å². The molecule has 0 amide bonds. The van der Waals surface area contributed by atoms with E-state index in [4.69, 9.17) is 0 Å². The molecule has 108 valence electrons. The summed E-state index contributed by atoms with van der Waals surface area (Å²) in [5, 5.41) is 9.20. The quantitative estimate of drug-likeness (QED) is 0.802. The maximum atomic E-state index is 9.20. The lowest BCUT2D eigenvalue weighted by Gasteiger charge is -2.21. The van der Waals surface area contributed by atoms with Gasteiger partial charge in [-0.25, -0.2) is 9.97 Å². The first-order chi connectivity index (χ1) is 10.1. The number of aliphatic hydroxyl groups is 1. The molecule has 0 fully saturated rings. The summed E-state index contributed by atoms with van der Waals surface area (Å²) < 4.78 is 1.98. The van der Waals surface area contributed by atoms with Gasteiger partial charge in [0.15, 0.2) is 0 Å². The summed E-state index contributed by atoms with van der Waals surface area (Å²) in [6.45, 7) is 2.09. The van der Waals surface area contributed by atoms with Crippen LogP contribution in [0.4, 0.5) is 11.5 Å². The Morgan fingerprint density at radius 2 is 2.05 bits per heavy atom. The second kappa shape index (κ2) is 5.18. The Bertz CT molecular complexity index is 794. The van der Waals surface area contributed by atoms with E-state index in [1.807, 2.05) is 54.8 Å². The summed E-state index contributed by atoms with van der Waals surface area (Å²) in [5.41, 5.74) is 5.04. The molecule has 5 heteroatoms. The number of benzene rings is 1. The van der Waals surface area contributed by atoms with Gasteiger partial charge in [0.25, 0.3) is 0 Å². The van der Waals surface area contributed by atoms with Gasteiger partial charge in [-0.15, -0.1) is 0 Å². The van der Waals surface area contributed by atoms with Crippen LogP contribution >= 0.6 is 0 Å². The SMILES string of the molecule is Cc1cc(CO)ccc1N(C)c1cc2c(cn1)ncn2C. The van der Waals surface area contributed by atoms with Crippen molar-refractivity contribution >= 4 is 22.5 Å². The highest BCUT2D eigenvalue weighted by molar-refractivity contribution is 5.79. The van der Waals surface area contributed by atoms with Crippen LogP contribution in [0.2, 0.25) is 0 Å². The van der Waals surface area contributed by atoms with E-state index in [1.54, 1.807) is 12.5 Å². The number of anilines is 2. The molecule has 21 heavy (non-hydrogen) atoms. The Kier molecular flexibility index (Phi) is 3.35. The van der Waals surface area contributed by atoms with Gasteiger partial charge in [0.05, 0.1) is 24.6 Å². The zero-order valence-corrected chi connectivity index (χ0v) is 12.4. The highest BCUT2D eigenvalue weighted by Crippen LogP contribution is 2.27. The van der Waals surface area contributed by atoms with Gasteiger partial charge in [-0.2, -0.15) is 0 Å². The third kappa shape index (κ3) is 2.36. The number of fused-ring (bicyclic) bond motifs is 1. The maximum absolute atomic E-state index is 9.20. The first-order valence-corrected chi connectivity index (χ1v) is 6.81. The molecule has 0 atom stereocenters. The van der Waals surface area contributed by atoms with Gasteiger partial charge in [0.1, 0.15) is 11.3 Å². The summed E-state index contributed by atoms with van der Waals surface area (Å²) in [5.74, 6) is 0.867. The van der Waals surface area contributed by atoms with Crippen LogP contribution in [0.3, 0.4) is 0 Å². The van der Waals surface area contributed by atoms with Crippen molar-refractivity contribution in [1.29, 1.82) is 0 Å². The average molecular weight is 282 g/mol. The van der Waals surface area contributed by atoms with Crippen molar-refractivity contribution < 1.29 is 5.11 Å². The van der Waals surface area contributed by atoms with E-state index >= 15 is 0 Å². The Morgan fingerprint density at radius 1 is 1.24 bits per heavy atom. The number of imidazole rings is 1. The fourth-order valence-electron chi connectivity index (χ4n) is 2.52. The maximum Gasteiger partial charge on any atom is 0.134 e. The fourth-order valence-corrected chi connectivity index (χ4v) is 2.52. The Balaban J connectivity index is 2.03. The van der Waals surface area contributed by atoms with Crippen LogP contribution in [0.1, 0.15) is 11.1 Å². The van der Waals surface area contributed by atoms with Gasteiger partial charge in [-0.05, 0) is 24.1 Å². The Morgan fingerprint density at radius 3 is 2.76 bits per heavy atom. The molecular weight excluding hydrogens is 264 g/mol. The molecule has 3 rings (SSSR count). The molecule has 3 aromatic rings. The van der Waals surface area contributed by atoms with E-state index in [2.05, 4.69) is 9.97 Å². The number of hydrogen-bond acceptors (Lipinski definition) is 4. The van der Waals surface area contributed by atoms with E-state index in [1.165, 1.54) is 0 Å². The molecule has 0 saturated heterocycles. The minimum absolute atomic E-state index is 0.0596. The smallest absolute Gasteiger partial charge is 0.134 e. The number of aliphatic hydroxyl groups excluding tert-OH is 1. The van der Waals surface area contributed by atoms with Gasteiger partial charge in [0.2, 0.25) is 0 Å². The number of nitrogens with zero attached hydrogens (tertiary/aromatic N) is 4. The minimum atomic E-state index is 0.0596. The van der Waals surface area contributed by atoms with E-state index in [9.17, 15) is 5.11 Å². The molecule has 0 saturated carbocycles. The first-order valence-electron chi connectivity index (χ1n) is 6.81. The molecule has 0 aliphatic rings. The van der Waals surface area contributed by atoms with E-state index in [-0.39, 0.29) is 6.61 Å². The predicted octanol–water partition coefficient (Wildman–Crippen LogP) is 2.54. The van der Waals surface area contributed by atoms with Gasteiger partial charge in [-0.1, -0.05) is 12.1 Å². The summed E-state index contributed by atoms with van der Waals surface area (Å²) in [7, 11) is 3.96. The summed E-state index contributed by atoms with van der Waals surface area (Å²) >= 11 is 0. The lowest BCUT2D eigenvalue weighted by atomic mass is 10.1. The largest absolute Gasteiger partial charge is 0.392 e. The van der Waals surface area contributed by atoms with Crippen molar-refractivity contribution in [2.45, 2.75) is 13.5 Å². The lowest BCUT2D eigenvalue weighted by Crippen LogP contribution is -2.12. The van der Waals surface area contributed by atoms with Gasteiger partial charge < -0.3 is 14.6 Å². The Labute approximate surface area is 123 Å². The van der Waals surface area contributed by atoms with E-state index in [0.29, 0.717) is 0 Å². The fraction of sp³-hybridized carbons (Fsp3) is 0.250. The molecule has 1 N–H and O–H groups in total. The van der Waals surface area contributed by atoms with E-state index < -0.39 is 0 Å². The molecule has 0 radical (unpaired) electrons. The molecule has 0 unspecified atom stereocenters. The first kappa shape index (κ1) is 13.6. The summed E-state index contributed by atoms with van der Waals surface area (Å²) in [6, 6.07) is 7.97. The zero-order chi connectivity index (χ0) is 15.0. The van der Waals surface area contributed by atoms with E-state index in [0.717, 1.165) is 33.7 Å². The third-order valence-electron chi connectivity index (χ3n) is 3.75. The highest BCUT2D eigenvalue weighted by Gasteiger charge is 2.11.